The number of allylic oxidation sites excluding steroid dienone is 3. The van der Waals surface area contributed by atoms with E-state index in [1.165, 1.54) is 6.07 Å². The zero-order valence-corrected chi connectivity index (χ0v) is 26.2. The van der Waals surface area contributed by atoms with Gasteiger partial charge in [-0.05, 0) is 86.1 Å². The van der Waals surface area contributed by atoms with E-state index in [-0.39, 0.29) is 29.7 Å². The normalized spacial score (nSPS) is 17.5. The molecule has 1 aliphatic heterocycles. The SMILES string of the molecule is C=CC.C=CC=C.O=C(CN1CCC(NC(=O)Oc2ccccc2)CC1)NC1CCc2cc(F)ccc2C1Cc1cccnc1. The molecule has 2 unspecified atom stereocenters. The standard InChI is InChI=1S/C30H33FN4O3.C4H6.C3H6/c31-23-9-10-26-22(18-23)8-11-28(27(26)17-21-5-4-14-32-19-21)34-29(36)20-35-15-12-24(13-16-35)33-30(37)38-25-6-2-1-3-7-25;1-3-4-2;1-3-2/h1-7,9-10,14,18-19,24,27-28H,8,11-13,15-17,20H2,(H,33,37)(H,34,36);3-4H,1-2H2;3H,1H2,2H3. The van der Waals surface area contributed by atoms with Crippen molar-refractivity contribution < 1.29 is 18.7 Å². The number of fused-ring (bicyclic) bond motifs is 1. The van der Waals surface area contributed by atoms with Crippen molar-refractivity contribution in [3.05, 3.63) is 134 Å². The van der Waals surface area contributed by atoms with Gasteiger partial charge in [-0.25, -0.2) is 9.18 Å². The average Bonchev–Trinajstić information content (AvgIpc) is 3.04. The van der Waals surface area contributed by atoms with Gasteiger partial charge in [-0.2, -0.15) is 0 Å². The summed E-state index contributed by atoms with van der Waals surface area (Å²) in [6, 6.07) is 17.9. The minimum Gasteiger partial charge on any atom is -0.410 e. The summed E-state index contributed by atoms with van der Waals surface area (Å²) in [6.07, 6.45) is 11.9. The van der Waals surface area contributed by atoms with Crippen molar-refractivity contribution in [1.82, 2.24) is 20.5 Å². The highest BCUT2D eigenvalue weighted by atomic mass is 19.1. The summed E-state index contributed by atoms with van der Waals surface area (Å²) in [5, 5.41) is 6.21. The molecule has 7 nitrogen and oxygen atoms in total. The molecule has 0 saturated carbocycles. The molecule has 5 rings (SSSR count). The molecule has 1 aromatic heterocycles. The number of carbonyl (C=O) groups is 2. The van der Waals surface area contributed by atoms with Gasteiger partial charge in [0.15, 0.2) is 0 Å². The van der Waals surface area contributed by atoms with Crippen molar-refractivity contribution in [2.24, 2.45) is 0 Å². The van der Waals surface area contributed by atoms with Gasteiger partial charge in [0.2, 0.25) is 5.91 Å². The van der Waals surface area contributed by atoms with E-state index in [2.05, 4.69) is 40.3 Å². The number of pyridine rings is 1. The molecule has 8 heteroatoms. The van der Waals surface area contributed by atoms with Gasteiger partial charge in [0.1, 0.15) is 11.6 Å². The number of likely N-dealkylation sites (tertiary alicyclic amines) is 1. The van der Waals surface area contributed by atoms with Gasteiger partial charge in [-0.15, -0.1) is 6.58 Å². The molecule has 0 bridgehead atoms. The Kier molecular flexibility index (Phi) is 14.7. The lowest BCUT2D eigenvalue weighted by Crippen LogP contribution is -2.50. The van der Waals surface area contributed by atoms with E-state index in [0.717, 1.165) is 61.9 Å². The quantitative estimate of drug-likeness (QED) is 0.216. The average molecular weight is 613 g/mol. The van der Waals surface area contributed by atoms with Crippen LogP contribution in [-0.4, -0.2) is 53.6 Å². The number of amides is 2. The monoisotopic (exact) mass is 612 g/mol. The van der Waals surface area contributed by atoms with Crippen LogP contribution in [0.25, 0.3) is 0 Å². The third kappa shape index (κ3) is 11.8. The first-order valence-electron chi connectivity index (χ1n) is 15.4. The summed E-state index contributed by atoms with van der Waals surface area (Å²) in [6.45, 7) is 13.7. The fraction of sp³-hybridized carbons (Fsp3) is 0.324. The number of benzene rings is 2. The molecule has 45 heavy (non-hydrogen) atoms. The van der Waals surface area contributed by atoms with Crippen LogP contribution >= 0.6 is 0 Å². The van der Waals surface area contributed by atoms with E-state index in [4.69, 9.17) is 4.74 Å². The number of piperidine rings is 1. The van der Waals surface area contributed by atoms with Crippen LogP contribution in [0.15, 0.2) is 111 Å². The third-order valence-corrected chi connectivity index (χ3v) is 7.64. The number of nitrogens with zero attached hydrogens (tertiary/aromatic N) is 2. The molecule has 3 aromatic rings. The van der Waals surface area contributed by atoms with Crippen molar-refractivity contribution in [3.63, 3.8) is 0 Å². The van der Waals surface area contributed by atoms with Crippen molar-refractivity contribution in [1.29, 1.82) is 0 Å². The predicted molar refractivity (Wildman–Crippen MR) is 179 cm³/mol. The van der Waals surface area contributed by atoms with Crippen molar-refractivity contribution in [2.75, 3.05) is 19.6 Å². The Morgan fingerprint density at radius 2 is 1.71 bits per heavy atom. The number of aromatic nitrogens is 1. The molecule has 2 atom stereocenters. The van der Waals surface area contributed by atoms with Crippen LogP contribution in [0.3, 0.4) is 0 Å². The van der Waals surface area contributed by atoms with Gasteiger partial charge in [0.05, 0.1) is 6.54 Å². The van der Waals surface area contributed by atoms with E-state index in [9.17, 15) is 14.0 Å². The first-order chi connectivity index (χ1) is 21.9. The minimum atomic E-state index is -0.454. The number of rotatable bonds is 8. The third-order valence-electron chi connectivity index (χ3n) is 7.64. The summed E-state index contributed by atoms with van der Waals surface area (Å²) in [5.74, 6) is 0.332. The lowest BCUT2D eigenvalue weighted by molar-refractivity contribution is -0.123. The minimum absolute atomic E-state index is 0.00774. The Hall–Kier alpha value is -4.56. The Labute approximate surface area is 266 Å². The summed E-state index contributed by atoms with van der Waals surface area (Å²) < 4.78 is 19.2. The zero-order chi connectivity index (χ0) is 32.4. The van der Waals surface area contributed by atoms with Crippen LogP contribution < -0.4 is 15.4 Å². The number of aryl methyl sites for hydroxylation is 1. The van der Waals surface area contributed by atoms with Crippen LogP contribution in [-0.2, 0) is 17.6 Å². The summed E-state index contributed by atoms with van der Waals surface area (Å²) in [5.41, 5.74) is 3.21. The number of para-hydroxylation sites is 1. The van der Waals surface area contributed by atoms with Gasteiger partial charge in [0.25, 0.3) is 0 Å². The Bertz CT molecular complexity index is 1370. The maximum atomic E-state index is 13.9. The van der Waals surface area contributed by atoms with E-state index in [1.807, 2.05) is 49.5 Å². The first-order valence-corrected chi connectivity index (χ1v) is 15.4. The van der Waals surface area contributed by atoms with Crippen LogP contribution in [0, 0.1) is 5.82 Å². The molecule has 2 N–H and O–H groups in total. The highest BCUT2D eigenvalue weighted by molar-refractivity contribution is 5.78. The van der Waals surface area contributed by atoms with Gasteiger partial charge in [-0.1, -0.05) is 61.7 Å². The Morgan fingerprint density at radius 1 is 1.00 bits per heavy atom. The largest absolute Gasteiger partial charge is 0.412 e. The fourth-order valence-corrected chi connectivity index (χ4v) is 5.56. The smallest absolute Gasteiger partial charge is 0.410 e. The number of hydrogen-bond donors (Lipinski definition) is 2. The van der Waals surface area contributed by atoms with Crippen molar-refractivity contribution in [3.8, 4) is 5.75 Å². The van der Waals surface area contributed by atoms with Crippen LogP contribution in [0.4, 0.5) is 9.18 Å². The maximum absolute atomic E-state index is 13.9. The molecule has 1 aliphatic carbocycles. The number of halogens is 1. The Balaban J connectivity index is 0.000000719. The number of nitrogens with one attached hydrogen (secondary N) is 2. The summed E-state index contributed by atoms with van der Waals surface area (Å²) >= 11 is 0. The van der Waals surface area contributed by atoms with Crippen LogP contribution in [0.5, 0.6) is 5.75 Å². The van der Waals surface area contributed by atoms with Gasteiger partial charge < -0.3 is 15.4 Å². The van der Waals surface area contributed by atoms with E-state index in [0.29, 0.717) is 12.3 Å². The van der Waals surface area contributed by atoms with E-state index in [1.54, 1.807) is 42.6 Å². The summed E-state index contributed by atoms with van der Waals surface area (Å²) in [7, 11) is 0. The molecule has 1 saturated heterocycles. The molecular formula is C37H45FN4O3. The highest BCUT2D eigenvalue weighted by Crippen LogP contribution is 2.35. The summed E-state index contributed by atoms with van der Waals surface area (Å²) in [4.78, 5) is 31.6. The number of carbonyl (C=O) groups excluding carboxylic acids is 2. The molecule has 0 spiro atoms. The second-order valence-corrected chi connectivity index (χ2v) is 11.0. The molecule has 2 heterocycles. The van der Waals surface area contributed by atoms with Crippen LogP contribution in [0.1, 0.15) is 48.8 Å². The highest BCUT2D eigenvalue weighted by Gasteiger charge is 2.32. The van der Waals surface area contributed by atoms with Crippen molar-refractivity contribution >= 4 is 12.0 Å². The predicted octanol–water partition coefficient (Wildman–Crippen LogP) is 6.78. The van der Waals surface area contributed by atoms with Gasteiger partial charge in [-0.3, -0.25) is 14.7 Å². The molecule has 2 aliphatic rings. The second-order valence-electron chi connectivity index (χ2n) is 11.0. The lowest BCUT2D eigenvalue weighted by Gasteiger charge is -2.36. The van der Waals surface area contributed by atoms with E-state index < -0.39 is 6.09 Å². The molecule has 2 amide bonds. The second kappa shape index (κ2) is 19.0. The first kappa shape index (κ1) is 34.9. The molecule has 1 fully saturated rings. The topological polar surface area (TPSA) is 83.6 Å². The molecule has 2 aromatic carbocycles. The van der Waals surface area contributed by atoms with Gasteiger partial charge in [0, 0.05) is 43.5 Å². The van der Waals surface area contributed by atoms with Gasteiger partial charge >= 0.3 is 6.09 Å². The number of hydrogen-bond acceptors (Lipinski definition) is 5. The molecular weight excluding hydrogens is 567 g/mol. The zero-order valence-electron chi connectivity index (χ0n) is 26.2. The molecule has 238 valence electrons. The fourth-order valence-electron chi connectivity index (χ4n) is 5.56. The van der Waals surface area contributed by atoms with Crippen molar-refractivity contribution in [2.45, 2.75) is 57.0 Å². The molecule has 0 radical (unpaired) electrons. The number of ether oxygens (including phenoxy) is 1. The maximum Gasteiger partial charge on any atom is 0.412 e. The van der Waals surface area contributed by atoms with Crippen LogP contribution in [0.2, 0.25) is 0 Å². The Morgan fingerprint density at radius 3 is 2.36 bits per heavy atom. The van der Waals surface area contributed by atoms with E-state index >= 15 is 0 Å². The lowest BCUT2D eigenvalue weighted by atomic mass is 9.76.